The molecule has 0 saturated heterocycles. The second-order valence-electron chi connectivity index (χ2n) is 25.5. The smallest absolute Gasteiger partial charge is 0.694 e. The molecule has 0 bridgehead atoms. The Morgan fingerprint density at radius 2 is 0.637 bits per heavy atom. The Hall–Kier alpha value is 1.37. The van der Waals surface area contributed by atoms with E-state index in [0.29, 0.717) is 13.0 Å². The molecule has 0 aliphatic heterocycles. The lowest BCUT2D eigenvalue weighted by Gasteiger charge is -2.31. The SMILES string of the molecule is CC(C)(COP(=O)([O-])O)COP(C)(=O)OC(C)(C)C.CC(C)(COP(C)(=O)OC(C)(C)C)COP([O-])(O)=S.CC(C)(CO[P+](=O)O)COP(C)(=O)OC(C)(C)C.CCCOP(=O)(O)OC(C)(C)C.CCCOP(C)(=O)OC(C)(C)C. The largest absolute Gasteiger partial charge is 0.780 e. The quantitative estimate of drug-likeness (QED) is 0.0505. The Balaban J connectivity index is -0.000000297. The van der Waals surface area contributed by atoms with Crippen molar-refractivity contribution in [3.8, 4) is 0 Å². The molecular weight excluding hydrogens is 1240 g/mol. The standard InChI is InChI=1S/C10H24O7P2.C10H24O6P2S.C10H22O6P2.C8H19O3P.C7H17O4P/c1-9(2,3)17-18(6,11)15-7-10(4,5)8-16-19(12,13)14;1-9(2,3)16-17(6,11)14-7-10(4,5)8-15-18(12,13)19;1-9(2,3)16-18(6,13)15-8-10(4,5)7-14-17(11)12;1-6-7-10-12(5,9)11-8(2,3)4;1-5-6-10-12(8,9)11-7(2,3)4/h7-8H2,1-6H3,(H2,12,13,14);7-8H2,1-6H3,(H2,12,13,19);7-8H2,1-6H3;6-7H2,1-5H3;5-6H2,1-4H3,(H,8,9)/p-1. The van der Waals surface area contributed by atoms with Crippen LogP contribution in [0.1, 0.15) is 172 Å². The molecule has 0 saturated carbocycles. The third kappa shape index (κ3) is 71.8. The molecule has 26 nitrogen and oxygen atoms in total. The molecule has 8 unspecified atom stereocenters. The first-order chi connectivity index (χ1) is 34.6. The summed E-state index contributed by atoms with van der Waals surface area (Å²) in [6.07, 6.45) is 1.55. The summed E-state index contributed by atoms with van der Waals surface area (Å²) in [5.41, 5.74) is -4.68. The van der Waals surface area contributed by atoms with Crippen LogP contribution >= 0.6 is 61.0 Å². The van der Waals surface area contributed by atoms with Crippen LogP contribution in [0.4, 0.5) is 0 Å². The zero-order chi connectivity index (χ0) is 65.3. The third-order valence-electron chi connectivity index (χ3n) is 7.01. The molecule has 0 aromatic heterocycles. The lowest BCUT2D eigenvalue weighted by molar-refractivity contribution is -0.222. The summed E-state index contributed by atoms with van der Waals surface area (Å²) in [6, 6.07) is 0. The highest BCUT2D eigenvalue weighted by molar-refractivity contribution is 8.06. The Bertz CT molecular complexity index is 2000. The van der Waals surface area contributed by atoms with Gasteiger partial charge in [0.2, 0.25) is 0 Å². The molecule has 0 aromatic carbocycles. The maximum atomic E-state index is 12.1. The van der Waals surface area contributed by atoms with Crippen molar-refractivity contribution in [2.75, 3.05) is 79.5 Å². The minimum atomic E-state index is -4.77. The van der Waals surface area contributed by atoms with Gasteiger partial charge in [0.25, 0.3) is 7.82 Å². The predicted octanol–water partition coefficient (Wildman–Crippen LogP) is 13.1. The van der Waals surface area contributed by atoms with Crippen LogP contribution in [0.25, 0.3) is 0 Å². The van der Waals surface area contributed by atoms with E-state index < -0.39 is 105 Å². The van der Waals surface area contributed by atoms with Gasteiger partial charge < -0.3 is 69.7 Å². The lowest BCUT2D eigenvalue weighted by Crippen LogP contribution is -2.26. The number of hydrogen-bond donors (Lipinski definition) is 4. The molecule has 0 aliphatic carbocycles. The molecule has 0 aliphatic rings. The number of phosphoric ester groups is 2. The van der Waals surface area contributed by atoms with Crippen molar-refractivity contribution < 1.29 is 120 Å². The summed E-state index contributed by atoms with van der Waals surface area (Å²) in [5, 5.41) is 0. The fraction of sp³-hybridized carbons (Fsp3) is 1.00. The summed E-state index contributed by atoms with van der Waals surface area (Å²) >= 11 is 4.25. The highest BCUT2D eigenvalue weighted by atomic mass is 32.5. The van der Waals surface area contributed by atoms with Crippen LogP contribution in [0.3, 0.4) is 0 Å². The van der Waals surface area contributed by atoms with Gasteiger partial charge in [0.1, 0.15) is 13.3 Å². The van der Waals surface area contributed by atoms with Crippen LogP contribution in [-0.2, 0) is 103 Å². The summed E-state index contributed by atoms with van der Waals surface area (Å²) < 4.78 is 145. The maximum Gasteiger partial charge on any atom is 0.694 e. The van der Waals surface area contributed by atoms with Crippen LogP contribution in [0.5, 0.6) is 0 Å². The second-order valence-corrected chi connectivity index (χ2v) is 39.4. The fourth-order valence-corrected chi connectivity index (χ4v) is 13.9. The molecule has 488 valence electrons. The van der Waals surface area contributed by atoms with Crippen molar-refractivity contribution >= 4 is 72.8 Å². The second kappa shape index (κ2) is 36.8. The van der Waals surface area contributed by atoms with E-state index in [1.165, 1.54) is 26.7 Å². The summed E-state index contributed by atoms with van der Waals surface area (Å²) in [4.78, 5) is 56.5. The summed E-state index contributed by atoms with van der Waals surface area (Å²) in [5.74, 6) is 0. The van der Waals surface area contributed by atoms with Gasteiger partial charge in [0.05, 0.1) is 74.3 Å². The molecule has 0 radical (unpaired) electrons. The van der Waals surface area contributed by atoms with Gasteiger partial charge >= 0.3 is 46.5 Å². The van der Waals surface area contributed by atoms with E-state index in [0.717, 1.165) is 6.42 Å². The Morgan fingerprint density at radius 3 is 0.875 bits per heavy atom. The molecule has 0 aromatic rings. The average molecular weight is 1340 g/mol. The van der Waals surface area contributed by atoms with Gasteiger partial charge in [0, 0.05) is 47.5 Å². The normalized spacial score (nSPS) is 18.5. The number of hydrogen-bond acceptors (Lipinski definition) is 23. The average Bonchev–Trinajstić information content (AvgIpc) is 3.14. The topological polar surface area (TPSA) is 367 Å². The molecule has 0 fully saturated rings. The highest BCUT2D eigenvalue weighted by Crippen LogP contribution is 2.52. The Labute approximate surface area is 486 Å². The van der Waals surface area contributed by atoms with Gasteiger partial charge in [-0.3, -0.25) is 31.9 Å². The van der Waals surface area contributed by atoms with Gasteiger partial charge in [-0.1, -0.05) is 67.2 Å². The van der Waals surface area contributed by atoms with E-state index in [4.69, 9.17) is 60.3 Å². The minimum absolute atomic E-state index is 0.0309. The zero-order valence-corrected chi connectivity index (χ0v) is 60.8. The van der Waals surface area contributed by atoms with Crippen LogP contribution in [0.15, 0.2) is 0 Å². The van der Waals surface area contributed by atoms with E-state index in [1.807, 2.05) is 34.6 Å². The Kier molecular flexibility index (Phi) is 41.4. The lowest BCUT2D eigenvalue weighted by atomic mass is 9.97. The van der Waals surface area contributed by atoms with Crippen molar-refractivity contribution in [3.63, 3.8) is 0 Å². The first-order valence-corrected chi connectivity index (χ1v) is 39.8. The van der Waals surface area contributed by atoms with E-state index in [9.17, 15) is 41.7 Å². The van der Waals surface area contributed by atoms with E-state index >= 15 is 0 Å². The Morgan fingerprint density at radius 1 is 0.400 bits per heavy atom. The van der Waals surface area contributed by atoms with Crippen molar-refractivity contribution in [2.45, 2.75) is 200 Å². The molecule has 8 atom stereocenters. The third-order valence-corrected chi connectivity index (χ3v) is 15.8. The van der Waals surface area contributed by atoms with Gasteiger partial charge in [-0.05, 0) is 117 Å². The van der Waals surface area contributed by atoms with Crippen LogP contribution in [-0.4, -0.2) is 127 Å². The van der Waals surface area contributed by atoms with E-state index in [1.54, 1.807) is 125 Å². The number of rotatable bonds is 29. The van der Waals surface area contributed by atoms with Crippen molar-refractivity contribution in [2.24, 2.45) is 16.2 Å². The van der Waals surface area contributed by atoms with E-state index in [2.05, 4.69) is 29.9 Å². The first kappa shape index (κ1) is 90.1. The summed E-state index contributed by atoms with van der Waals surface area (Å²) in [6.45, 7) is 43.1. The molecular formula is C45H105O26P8S-. The number of phosphoric acid groups is 2. The fourth-order valence-electron chi connectivity index (χ4n) is 4.68. The van der Waals surface area contributed by atoms with Gasteiger partial charge in [0.15, 0.2) is 0 Å². The van der Waals surface area contributed by atoms with Crippen LogP contribution < -0.4 is 9.79 Å². The van der Waals surface area contributed by atoms with Crippen molar-refractivity contribution in [3.05, 3.63) is 0 Å². The molecule has 0 rings (SSSR count). The monoisotopic (exact) mass is 1340 g/mol. The molecule has 0 amide bonds. The van der Waals surface area contributed by atoms with Gasteiger partial charge in [-0.25, -0.2) is 4.57 Å². The molecule has 0 heterocycles. The molecule has 0 spiro atoms. The molecule has 80 heavy (non-hydrogen) atoms. The minimum Gasteiger partial charge on any atom is -0.780 e. The van der Waals surface area contributed by atoms with Crippen molar-refractivity contribution in [1.82, 2.24) is 0 Å². The van der Waals surface area contributed by atoms with Gasteiger partial charge in [-0.15, -0.1) is 9.42 Å². The molecule has 4 N–H and O–H groups in total. The highest BCUT2D eigenvalue weighted by Gasteiger charge is 2.34. The zero-order valence-electron chi connectivity index (χ0n) is 52.8. The van der Waals surface area contributed by atoms with Gasteiger partial charge in [-0.2, -0.15) is 0 Å². The van der Waals surface area contributed by atoms with Crippen LogP contribution in [0.2, 0.25) is 0 Å². The molecule has 35 heteroatoms. The predicted molar refractivity (Wildman–Crippen MR) is 314 cm³/mol. The first-order valence-electron chi connectivity index (χ1n) is 25.2. The summed E-state index contributed by atoms with van der Waals surface area (Å²) in [7, 11) is -23.6. The van der Waals surface area contributed by atoms with Crippen molar-refractivity contribution in [1.29, 1.82) is 0 Å². The van der Waals surface area contributed by atoms with Crippen LogP contribution in [0, 0.1) is 16.2 Å². The maximum absolute atomic E-state index is 12.1. The van der Waals surface area contributed by atoms with E-state index in [-0.39, 0.29) is 46.2 Å².